The Morgan fingerprint density at radius 3 is 2.33 bits per heavy atom. The second-order valence-electron chi connectivity index (χ2n) is 5.97. The minimum atomic E-state index is -3.45. The van der Waals surface area contributed by atoms with Crippen molar-refractivity contribution in [1.82, 2.24) is 10.0 Å². The summed E-state index contributed by atoms with van der Waals surface area (Å²) in [6.45, 7) is 8.84. The van der Waals surface area contributed by atoms with Crippen LogP contribution in [0.15, 0.2) is 23.1 Å². The van der Waals surface area contributed by atoms with E-state index in [1.54, 1.807) is 12.1 Å². The number of hydrogen-bond acceptors (Lipinski definition) is 3. The van der Waals surface area contributed by atoms with Crippen molar-refractivity contribution in [1.29, 1.82) is 0 Å². The first-order valence-corrected chi connectivity index (χ1v) is 9.07. The highest BCUT2D eigenvalue weighted by Crippen LogP contribution is 2.18. The lowest BCUT2D eigenvalue weighted by Crippen LogP contribution is -2.33. The smallest absolute Gasteiger partial charge is 0.240 e. The zero-order valence-corrected chi connectivity index (χ0v) is 14.5. The van der Waals surface area contributed by atoms with E-state index in [9.17, 15) is 8.42 Å². The standard InChI is InChI=1S/C16H28N2O2S/c1-6-14-7-8-16(10-15(14)11-17-5)21(19,20)18-13(4)9-12(2)3/h7-8,10,12-13,17-18H,6,9,11H2,1-5H3. The molecule has 0 saturated heterocycles. The topological polar surface area (TPSA) is 58.2 Å². The number of sulfonamides is 1. The van der Waals surface area contributed by atoms with E-state index in [1.165, 1.54) is 5.56 Å². The SMILES string of the molecule is CCc1ccc(S(=O)(=O)NC(C)CC(C)C)cc1CNC. The summed E-state index contributed by atoms with van der Waals surface area (Å²) in [4.78, 5) is 0.348. The highest BCUT2D eigenvalue weighted by molar-refractivity contribution is 7.89. The Balaban J connectivity index is 3.00. The monoisotopic (exact) mass is 312 g/mol. The van der Waals surface area contributed by atoms with Crippen LogP contribution in [0.4, 0.5) is 0 Å². The van der Waals surface area contributed by atoms with Crippen molar-refractivity contribution in [2.75, 3.05) is 7.05 Å². The minimum absolute atomic E-state index is 0.0615. The van der Waals surface area contributed by atoms with E-state index < -0.39 is 10.0 Å². The molecule has 2 N–H and O–H groups in total. The maximum atomic E-state index is 12.4. The highest BCUT2D eigenvalue weighted by atomic mass is 32.2. The molecule has 0 saturated carbocycles. The summed E-state index contributed by atoms with van der Waals surface area (Å²) in [5, 5.41) is 3.09. The Morgan fingerprint density at radius 1 is 1.14 bits per heavy atom. The van der Waals surface area contributed by atoms with Crippen LogP contribution in [0.2, 0.25) is 0 Å². The van der Waals surface area contributed by atoms with Gasteiger partial charge in [-0.05, 0) is 56.0 Å². The number of nitrogens with one attached hydrogen (secondary N) is 2. The van der Waals surface area contributed by atoms with Crippen LogP contribution in [0.1, 0.15) is 45.2 Å². The van der Waals surface area contributed by atoms with Gasteiger partial charge >= 0.3 is 0 Å². The van der Waals surface area contributed by atoms with E-state index in [1.807, 2.05) is 20.0 Å². The van der Waals surface area contributed by atoms with Crippen LogP contribution in [0.3, 0.4) is 0 Å². The van der Waals surface area contributed by atoms with E-state index in [2.05, 4.69) is 30.8 Å². The molecule has 0 radical (unpaired) electrons. The van der Waals surface area contributed by atoms with Gasteiger partial charge in [0.05, 0.1) is 4.90 Å². The van der Waals surface area contributed by atoms with E-state index >= 15 is 0 Å². The third kappa shape index (κ3) is 5.41. The van der Waals surface area contributed by atoms with Gasteiger partial charge in [-0.1, -0.05) is 26.8 Å². The van der Waals surface area contributed by atoms with Crippen LogP contribution in [0.25, 0.3) is 0 Å². The first kappa shape index (κ1) is 18.1. The molecule has 0 amide bonds. The summed E-state index contributed by atoms with van der Waals surface area (Å²) in [5.74, 6) is 0.463. The zero-order chi connectivity index (χ0) is 16.0. The molecule has 0 bridgehead atoms. The summed E-state index contributed by atoms with van der Waals surface area (Å²) in [6, 6.07) is 5.32. The van der Waals surface area contributed by atoms with Crippen molar-refractivity contribution >= 4 is 10.0 Å². The van der Waals surface area contributed by atoms with E-state index in [-0.39, 0.29) is 6.04 Å². The Labute approximate surface area is 129 Å². The average Bonchev–Trinajstić information content (AvgIpc) is 2.37. The molecule has 0 aliphatic carbocycles. The molecule has 120 valence electrons. The first-order chi connectivity index (χ1) is 9.80. The fourth-order valence-electron chi connectivity index (χ4n) is 2.56. The van der Waals surface area contributed by atoms with Crippen LogP contribution in [-0.2, 0) is 23.0 Å². The van der Waals surface area contributed by atoms with E-state index in [0.717, 1.165) is 18.4 Å². The Hall–Kier alpha value is -0.910. The average molecular weight is 312 g/mol. The Kier molecular flexibility index (Phi) is 6.84. The maximum Gasteiger partial charge on any atom is 0.240 e. The second-order valence-corrected chi connectivity index (χ2v) is 7.68. The predicted molar refractivity (Wildman–Crippen MR) is 87.8 cm³/mol. The molecule has 1 aromatic carbocycles. The molecule has 0 aliphatic heterocycles. The van der Waals surface area contributed by atoms with Crippen LogP contribution in [0, 0.1) is 5.92 Å². The molecule has 1 aromatic rings. The fourth-order valence-corrected chi connectivity index (χ4v) is 3.86. The van der Waals surface area contributed by atoms with Crippen molar-refractivity contribution in [3.8, 4) is 0 Å². The molecule has 0 aliphatic rings. The van der Waals surface area contributed by atoms with Gasteiger partial charge < -0.3 is 5.32 Å². The molecule has 21 heavy (non-hydrogen) atoms. The van der Waals surface area contributed by atoms with Crippen molar-refractivity contribution in [2.45, 2.75) is 58.0 Å². The van der Waals surface area contributed by atoms with Gasteiger partial charge in [0.1, 0.15) is 0 Å². The summed E-state index contributed by atoms with van der Waals surface area (Å²) >= 11 is 0. The number of benzene rings is 1. The minimum Gasteiger partial charge on any atom is -0.316 e. The maximum absolute atomic E-state index is 12.4. The van der Waals surface area contributed by atoms with Crippen LogP contribution in [-0.4, -0.2) is 21.5 Å². The summed E-state index contributed by atoms with van der Waals surface area (Å²) in [6.07, 6.45) is 1.73. The molecule has 0 aromatic heterocycles. The van der Waals surface area contributed by atoms with Crippen LogP contribution in [0.5, 0.6) is 0 Å². The third-order valence-corrected chi connectivity index (χ3v) is 5.00. The Morgan fingerprint density at radius 2 is 1.81 bits per heavy atom. The molecule has 1 rings (SSSR count). The van der Waals surface area contributed by atoms with Crippen molar-refractivity contribution in [2.24, 2.45) is 5.92 Å². The molecule has 0 spiro atoms. The molecular weight excluding hydrogens is 284 g/mol. The summed E-state index contributed by atoms with van der Waals surface area (Å²) in [5.41, 5.74) is 2.22. The first-order valence-electron chi connectivity index (χ1n) is 7.58. The number of aryl methyl sites for hydroxylation is 1. The van der Waals surface area contributed by atoms with E-state index in [4.69, 9.17) is 0 Å². The van der Waals surface area contributed by atoms with Gasteiger partial charge in [-0.3, -0.25) is 0 Å². The van der Waals surface area contributed by atoms with Gasteiger partial charge in [-0.15, -0.1) is 0 Å². The largest absolute Gasteiger partial charge is 0.316 e. The lowest BCUT2D eigenvalue weighted by molar-refractivity contribution is 0.482. The van der Waals surface area contributed by atoms with Crippen molar-refractivity contribution in [3.05, 3.63) is 29.3 Å². The van der Waals surface area contributed by atoms with Gasteiger partial charge in [-0.25, -0.2) is 13.1 Å². The van der Waals surface area contributed by atoms with Gasteiger partial charge in [-0.2, -0.15) is 0 Å². The quantitative estimate of drug-likeness (QED) is 0.776. The normalized spacial score (nSPS) is 13.6. The second kappa shape index (κ2) is 7.92. The Bertz CT molecular complexity index is 553. The number of rotatable bonds is 8. The lowest BCUT2D eigenvalue weighted by Gasteiger charge is -2.17. The van der Waals surface area contributed by atoms with Crippen LogP contribution >= 0.6 is 0 Å². The molecule has 5 heteroatoms. The summed E-state index contributed by atoms with van der Waals surface area (Å²) in [7, 11) is -1.58. The van der Waals surface area contributed by atoms with Crippen molar-refractivity contribution < 1.29 is 8.42 Å². The van der Waals surface area contributed by atoms with Crippen molar-refractivity contribution in [3.63, 3.8) is 0 Å². The fraction of sp³-hybridized carbons (Fsp3) is 0.625. The zero-order valence-electron chi connectivity index (χ0n) is 13.7. The van der Waals surface area contributed by atoms with Gasteiger partial charge in [0, 0.05) is 12.6 Å². The van der Waals surface area contributed by atoms with Crippen LogP contribution < -0.4 is 10.0 Å². The number of hydrogen-bond donors (Lipinski definition) is 2. The lowest BCUT2D eigenvalue weighted by atomic mass is 10.1. The van der Waals surface area contributed by atoms with Gasteiger partial charge in [0.15, 0.2) is 0 Å². The highest BCUT2D eigenvalue weighted by Gasteiger charge is 2.19. The summed E-state index contributed by atoms with van der Waals surface area (Å²) < 4.78 is 27.7. The van der Waals surface area contributed by atoms with Gasteiger partial charge in [0.25, 0.3) is 0 Å². The predicted octanol–water partition coefficient (Wildman–Crippen LogP) is 2.68. The molecule has 0 fully saturated rings. The third-order valence-electron chi connectivity index (χ3n) is 3.42. The molecule has 4 nitrogen and oxygen atoms in total. The molecule has 1 atom stereocenters. The molecule has 0 heterocycles. The molecular formula is C16H28N2O2S. The molecule has 1 unspecified atom stereocenters. The van der Waals surface area contributed by atoms with Gasteiger partial charge in [0.2, 0.25) is 10.0 Å². The van der Waals surface area contributed by atoms with E-state index in [0.29, 0.717) is 17.4 Å².